The van der Waals surface area contributed by atoms with E-state index in [0.717, 1.165) is 23.5 Å². The van der Waals surface area contributed by atoms with Crippen LogP contribution in [0, 0.1) is 5.82 Å². The average molecular weight is 635 g/mol. The van der Waals surface area contributed by atoms with Gasteiger partial charge in [0.1, 0.15) is 27.8 Å². The van der Waals surface area contributed by atoms with Crippen LogP contribution in [0.25, 0.3) is 0 Å². The second-order valence-corrected chi connectivity index (χ2v) is 12.7. The van der Waals surface area contributed by atoms with Crippen molar-refractivity contribution in [1.29, 1.82) is 0 Å². The number of hydrogen-bond acceptors (Lipinski definition) is 9. The van der Waals surface area contributed by atoms with Crippen LogP contribution in [-0.2, 0) is 26.0 Å². The van der Waals surface area contributed by atoms with E-state index in [2.05, 4.69) is 10.3 Å². The Balaban J connectivity index is 1.91. The van der Waals surface area contributed by atoms with E-state index < -0.39 is 38.4 Å². The van der Waals surface area contributed by atoms with Gasteiger partial charge in [-0.2, -0.15) is 0 Å². The molecule has 3 rings (SSSR count). The van der Waals surface area contributed by atoms with Crippen LogP contribution in [-0.4, -0.2) is 49.3 Å². The lowest BCUT2D eigenvalue weighted by atomic mass is 10.1. The third-order valence-electron chi connectivity index (χ3n) is 5.01. The van der Waals surface area contributed by atoms with Crippen LogP contribution in [0.15, 0.2) is 46.1 Å². The van der Waals surface area contributed by atoms with Gasteiger partial charge >= 0.3 is 12.1 Å². The predicted molar refractivity (Wildman–Crippen MR) is 150 cm³/mol. The zero-order valence-corrected chi connectivity index (χ0v) is 24.8. The van der Waals surface area contributed by atoms with Crippen LogP contribution in [0.3, 0.4) is 0 Å². The van der Waals surface area contributed by atoms with E-state index in [4.69, 9.17) is 37.8 Å². The summed E-state index contributed by atoms with van der Waals surface area (Å²) in [6, 6.07) is 6.39. The first-order valence-electron chi connectivity index (χ1n) is 11.7. The number of nitrogens with zero attached hydrogens (tertiary/aromatic N) is 2. The van der Waals surface area contributed by atoms with Crippen molar-refractivity contribution >= 4 is 62.4 Å². The molecule has 0 bridgehead atoms. The first-order chi connectivity index (χ1) is 18.7. The molecule has 0 aliphatic heterocycles. The Hall–Kier alpha value is -2.97. The average Bonchev–Trinajstić information content (AvgIpc) is 3.34. The van der Waals surface area contributed by atoms with E-state index in [0.29, 0.717) is 30.0 Å². The molecule has 0 aliphatic rings. The second-order valence-electron chi connectivity index (χ2n) is 9.34. The molecule has 216 valence electrons. The molecule has 15 heteroatoms. The first-order valence-corrected chi connectivity index (χ1v) is 14.9. The number of carboxylic acids is 1. The largest absolute Gasteiger partial charge is 0.480 e. The predicted octanol–water partition coefficient (Wildman–Crippen LogP) is 6.12. The number of aryl methyl sites for hydroxylation is 1. The van der Waals surface area contributed by atoms with Gasteiger partial charge in [0.25, 0.3) is 10.0 Å². The first kappa shape index (κ1) is 31.6. The normalized spacial score (nSPS) is 11.8. The van der Waals surface area contributed by atoms with Gasteiger partial charge in [0.2, 0.25) is 0 Å². The molecule has 3 aromatic rings. The number of halogens is 3. The summed E-state index contributed by atoms with van der Waals surface area (Å²) in [6.45, 7) is 4.89. The van der Waals surface area contributed by atoms with Gasteiger partial charge in [0.05, 0.1) is 17.1 Å². The topological polar surface area (TPSA) is 135 Å². The molecule has 1 heterocycles. The molecule has 0 unspecified atom stereocenters. The smallest absolute Gasteiger partial charge is 0.430 e. The van der Waals surface area contributed by atoms with Gasteiger partial charge in [0, 0.05) is 16.5 Å². The van der Waals surface area contributed by atoms with Gasteiger partial charge in [-0.25, -0.2) is 22.6 Å². The summed E-state index contributed by atoms with van der Waals surface area (Å²) in [4.78, 5) is 26.5. The standard InChI is InChI=1S/C25H26Cl2FN3O7S2/c1-25(2,3)38-24(34)31(22-13-39-14-30-22)40(35,36)21-10-17(27)20(11-18(21)28)37-19-7-6-16(26)9-15(19)5-4-8-29-12-23(32)33/h6-7,9-11,13-14,29H,4-5,8,12H2,1-3H3,(H,32,33). The van der Waals surface area contributed by atoms with Crippen molar-refractivity contribution in [3.8, 4) is 11.5 Å². The number of ether oxygens (including phenoxy) is 2. The molecule has 0 saturated heterocycles. The SMILES string of the molecule is CC(C)(C)OC(=O)N(c1cscn1)S(=O)(=O)c1cc(Cl)c(Oc2ccc(Cl)cc2CCCNCC(=O)O)cc1F. The summed E-state index contributed by atoms with van der Waals surface area (Å²) >= 11 is 13.5. The Morgan fingerprint density at radius 3 is 2.52 bits per heavy atom. The van der Waals surface area contributed by atoms with Gasteiger partial charge in [0.15, 0.2) is 5.82 Å². The quantitative estimate of drug-likeness (QED) is 0.239. The molecule has 40 heavy (non-hydrogen) atoms. The van der Waals surface area contributed by atoms with E-state index in [-0.39, 0.29) is 33.2 Å². The van der Waals surface area contributed by atoms with E-state index in [1.54, 1.807) is 39.0 Å². The third kappa shape index (κ3) is 8.27. The highest BCUT2D eigenvalue weighted by Gasteiger charge is 2.38. The summed E-state index contributed by atoms with van der Waals surface area (Å²) in [5, 5.41) is 13.0. The number of carbonyl (C=O) groups is 2. The highest BCUT2D eigenvalue weighted by Crippen LogP contribution is 2.37. The number of carbonyl (C=O) groups excluding carboxylic acids is 1. The minimum Gasteiger partial charge on any atom is -0.480 e. The molecule has 10 nitrogen and oxygen atoms in total. The van der Waals surface area contributed by atoms with Crippen LogP contribution in [0.5, 0.6) is 11.5 Å². The molecule has 0 aliphatic carbocycles. The van der Waals surface area contributed by atoms with Crippen molar-refractivity contribution in [2.45, 2.75) is 44.1 Å². The molecular formula is C25H26Cl2FN3O7S2. The molecule has 2 N–H and O–H groups in total. The number of aromatic nitrogens is 1. The Bertz CT molecular complexity index is 1480. The molecule has 2 aromatic carbocycles. The molecule has 1 amide bonds. The van der Waals surface area contributed by atoms with E-state index in [1.165, 1.54) is 10.9 Å². The van der Waals surface area contributed by atoms with Crippen LogP contribution in [0.2, 0.25) is 10.0 Å². The monoisotopic (exact) mass is 633 g/mol. The molecule has 1 aromatic heterocycles. The van der Waals surface area contributed by atoms with Crippen molar-refractivity contribution in [2.75, 3.05) is 17.4 Å². The lowest BCUT2D eigenvalue weighted by Gasteiger charge is -2.26. The fraction of sp³-hybridized carbons (Fsp3) is 0.320. The lowest BCUT2D eigenvalue weighted by Crippen LogP contribution is -2.41. The summed E-state index contributed by atoms with van der Waals surface area (Å²) in [6.07, 6.45) is -0.286. The number of hydrogen-bond donors (Lipinski definition) is 2. The number of anilines is 1. The number of aliphatic carboxylic acids is 1. The van der Waals surface area contributed by atoms with Crippen LogP contribution >= 0.6 is 34.5 Å². The van der Waals surface area contributed by atoms with Crippen LogP contribution in [0.1, 0.15) is 32.8 Å². The summed E-state index contributed by atoms with van der Waals surface area (Å²) in [5.74, 6) is -2.36. The maximum Gasteiger partial charge on any atom is 0.430 e. The Morgan fingerprint density at radius 1 is 1.18 bits per heavy atom. The van der Waals surface area contributed by atoms with E-state index in [1.807, 2.05) is 0 Å². The number of sulfonamides is 1. The Morgan fingerprint density at radius 2 is 1.90 bits per heavy atom. The molecule has 0 saturated carbocycles. The van der Waals surface area contributed by atoms with Gasteiger partial charge in [-0.3, -0.25) is 4.79 Å². The third-order valence-corrected chi connectivity index (χ3v) is 7.80. The van der Waals surface area contributed by atoms with Crippen molar-refractivity contribution in [1.82, 2.24) is 10.3 Å². The van der Waals surface area contributed by atoms with Crippen molar-refractivity contribution in [3.63, 3.8) is 0 Å². The molecule has 0 fully saturated rings. The molecule has 0 radical (unpaired) electrons. The number of carboxylic acid groups (broad SMARTS) is 1. The van der Waals surface area contributed by atoms with Gasteiger partial charge in [-0.15, -0.1) is 15.6 Å². The molecule has 0 atom stereocenters. The molecule has 0 spiro atoms. The number of nitrogens with one attached hydrogen (secondary N) is 1. The van der Waals surface area contributed by atoms with E-state index >= 15 is 4.39 Å². The summed E-state index contributed by atoms with van der Waals surface area (Å²) in [5.41, 5.74) is 0.906. The fourth-order valence-corrected chi connectivity index (χ4v) is 5.76. The van der Waals surface area contributed by atoms with Gasteiger partial charge in [-0.05, 0) is 70.0 Å². The second kappa shape index (κ2) is 13.1. The van der Waals surface area contributed by atoms with Gasteiger partial charge < -0.3 is 19.9 Å². The van der Waals surface area contributed by atoms with Crippen LogP contribution < -0.4 is 14.4 Å². The summed E-state index contributed by atoms with van der Waals surface area (Å²) < 4.78 is 53.7. The van der Waals surface area contributed by atoms with Gasteiger partial charge in [-0.1, -0.05) is 23.2 Å². The minimum absolute atomic E-state index is 0.178. The van der Waals surface area contributed by atoms with Crippen molar-refractivity contribution in [2.24, 2.45) is 0 Å². The molecular weight excluding hydrogens is 608 g/mol. The van der Waals surface area contributed by atoms with E-state index in [9.17, 15) is 18.0 Å². The Labute approximate surface area is 244 Å². The maximum atomic E-state index is 15.4. The van der Waals surface area contributed by atoms with Crippen molar-refractivity contribution < 1.29 is 37.0 Å². The zero-order valence-electron chi connectivity index (χ0n) is 21.6. The van der Waals surface area contributed by atoms with Crippen molar-refractivity contribution in [3.05, 3.63) is 62.6 Å². The highest BCUT2D eigenvalue weighted by molar-refractivity contribution is 7.93. The highest BCUT2D eigenvalue weighted by atomic mass is 35.5. The number of amides is 1. The summed E-state index contributed by atoms with van der Waals surface area (Å²) in [7, 11) is -4.85. The maximum absolute atomic E-state index is 15.4. The number of benzene rings is 2. The number of rotatable bonds is 11. The lowest BCUT2D eigenvalue weighted by molar-refractivity contribution is -0.135. The number of thiazole rings is 1. The fourth-order valence-electron chi connectivity index (χ4n) is 3.37. The van der Waals surface area contributed by atoms with Crippen LogP contribution in [0.4, 0.5) is 15.0 Å². The zero-order chi connectivity index (χ0) is 29.7. The minimum atomic E-state index is -4.85. The Kier molecular flexibility index (Phi) is 10.4.